The minimum Gasteiger partial charge on any atom is -0.436 e. The Morgan fingerprint density at radius 1 is 0.975 bits per heavy atom. The SMILES string of the molecule is Cc1ccccc1C1C2=C(CCCC2=O)Nc2nc(SCc3ccc(-c4ncc(-c5ccccc5)o4)cc3)nn21. The second-order valence-corrected chi connectivity index (χ2v) is 11.0. The molecule has 7 nitrogen and oxygen atoms in total. The lowest BCUT2D eigenvalue weighted by molar-refractivity contribution is -0.116. The van der Waals surface area contributed by atoms with Gasteiger partial charge in [0.05, 0.1) is 6.20 Å². The molecule has 0 amide bonds. The molecule has 2 aromatic heterocycles. The summed E-state index contributed by atoms with van der Waals surface area (Å²) < 4.78 is 7.89. The van der Waals surface area contributed by atoms with Gasteiger partial charge in [0.25, 0.3) is 0 Å². The first kappa shape index (κ1) is 24.6. The third-order valence-corrected chi connectivity index (χ3v) is 8.37. The highest BCUT2D eigenvalue weighted by Crippen LogP contribution is 2.41. The van der Waals surface area contributed by atoms with Crippen LogP contribution >= 0.6 is 11.8 Å². The Hall–Kier alpha value is -4.43. The van der Waals surface area contributed by atoms with Gasteiger partial charge in [-0.25, -0.2) is 9.67 Å². The van der Waals surface area contributed by atoms with Crippen LogP contribution in [0.15, 0.2) is 106 Å². The molecule has 1 atom stereocenters. The fourth-order valence-corrected chi connectivity index (χ4v) is 6.20. The van der Waals surface area contributed by atoms with Crippen molar-refractivity contribution in [2.24, 2.45) is 0 Å². The van der Waals surface area contributed by atoms with E-state index in [1.807, 2.05) is 59.3 Å². The van der Waals surface area contributed by atoms with Gasteiger partial charge in [0.1, 0.15) is 6.04 Å². The molecule has 198 valence electrons. The van der Waals surface area contributed by atoms with Crippen LogP contribution in [0.5, 0.6) is 0 Å². The van der Waals surface area contributed by atoms with Crippen LogP contribution in [0, 0.1) is 6.92 Å². The summed E-state index contributed by atoms with van der Waals surface area (Å²) in [7, 11) is 0. The minimum absolute atomic E-state index is 0.194. The number of aromatic nitrogens is 4. The van der Waals surface area contributed by atoms with E-state index in [0.717, 1.165) is 57.7 Å². The third kappa shape index (κ3) is 4.54. The summed E-state index contributed by atoms with van der Waals surface area (Å²) in [6.07, 6.45) is 4.05. The average molecular weight is 546 g/mol. The molecular weight excluding hydrogens is 518 g/mol. The monoisotopic (exact) mass is 545 g/mol. The highest BCUT2D eigenvalue weighted by atomic mass is 32.2. The smallest absolute Gasteiger partial charge is 0.227 e. The molecule has 2 aliphatic rings. The van der Waals surface area contributed by atoms with Crippen LogP contribution in [0.1, 0.15) is 42.0 Å². The number of carbonyl (C=O) groups is 1. The molecule has 1 aliphatic heterocycles. The standard InChI is InChI=1S/C32H27N5O2S/c1-20-8-5-6-11-24(20)29-28-25(12-7-13-26(28)38)34-31-35-32(36-37(29)31)40-19-21-14-16-23(17-15-21)30-33-18-27(39-30)22-9-3-2-4-10-22/h2-6,8-11,14-18,29H,7,12-13,19H2,1H3,(H,34,35,36). The maximum Gasteiger partial charge on any atom is 0.227 e. The molecule has 7 rings (SSSR count). The van der Waals surface area contributed by atoms with Crippen molar-refractivity contribution in [3.8, 4) is 22.8 Å². The lowest BCUT2D eigenvalue weighted by Crippen LogP contribution is -2.31. The molecule has 1 unspecified atom stereocenters. The first-order chi connectivity index (χ1) is 19.6. The van der Waals surface area contributed by atoms with Gasteiger partial charge in [-0.05, 0) is 48.6 Å². The molecule has 0 saturated heterocycles. The summed E-state index contributed by atoms with van der Waals surface area (Å²) in [6.45, 7) is 2.08. The first-order valence-corrected chi connectivity index (χ1v) is 14.4. The zero-order chi connectivity index (χ0) is 27.1. The molecule has 0 spiro atoms. The van der Waals surface area contributed by atoms with E-state index in [1.165, 1.54) is 0 Å². The third-order valence-electron chi connectivity index (χ3n) is 7.46. The summed E-state index contributed by atoms with van der Waals surface area (Å²) in [6, 6.07) is 26.2. The second-order valence-electron chi connectivity index (χ2n) is 10.1. The number of fused-ring (bicyclic) bond motifs is 1. The van der Waals surface area contributed by atoms with Gasteiger partial charge in [-0.1, -0.05) is 78.5 Å². The number of oxazole rings is 1. The number of carbonyl (C=O) groups excluding carboxylic acids is 1. The number of thioether (sulfide) groups is 1. The zero-order valence-electron chi connectivity index (χ0n) is 22.0. The minimum atomic E-state index is -0.261. The summed E-state index contributed by atoms with van der Waals surface area (Å²) in [5.74, 6) is 2.95. The van der Waals surface area contributed by atoms with Gasteiger partial charge in [0.2, 0.25) is 17.0 Å². The molecule has 1 aliphatic carbocycles. The van der Waals surface area contributed by atoms with E-state index in [2.05, 4.69) is 41.5 Å². The lowest BCUT2D eigenvalue weighted by Gasteiger charge is -2.32. The number of rotatable bonds is 6. The van der Waals surface area contributed by atoms with Crippen molar-refractivity contribution in [1.29, 1.82) is 0 Å². The molecule has 0 saturated carbocycles. The molecule has 40 heavy (non-hydrogen) atoms. The average Bonchev–Trinajstić information content (AvgIpc) is 3.64. The number of nitrogens with one attached hydrogen (secondary N) is 1. The zero-order valence-corrected chi connectivity index (χ0v) is 22.8. The summed E-state index contributed by atoms with van der Waals surface area (Å²) in [4.78, 5) is 22.4. The molecule has 0 fully saturated rings. The number of benzene rings is 3. The van der Waals surface area contributed by atoms with Crippen molar-refractivity contribution in [2.45, 2.75) is 43.1 Å². The van der Waals surface area contributed by atoms with Crippen molar-refractivity contribution >= 4 is 23.5 Å². The predicted octanol–water partition coefficient (Wildman–Crippen LogP) is 7.22. The van der Waals surface area contributed by atoms with Gasteiger partial charge in [-0.3, -0.25) is 4.79 Å². The number of ketones is 1. The van der Waals surface area contributed by atoms with E-state index in [0.29, 0.717) is 29.2 Å². The normalized spacial score (nSPS) is 16.4. The fourth-order valence-electron chi connectivity index (χ4n) is 5.41. The fraction of sp³-hybridized carbons (Fsp3) is 0.188. The van der Waals surface area contributed by atoms with E-state index in [4.69, 9.17) is 14.5 Å². The number of anilines is 1. The van der Waals surface area contributed by atoms with Crippen molar-refractivity contribution < 1.29 is 9.21 Å². The van der Waals surface area contributed by atoms with Crippen LogP contribution in [0.4, 0.5) is 5.95 Å². The van der Waals surface area contributed by atoms with Crippen molar-refractivity contribution in [3.63, 3.8) is 0 Å². The Labute approximate surface area is 236 Å². The second kappa shape index (κ2) is 10.3. The number of aryl methyl sites for hydroxylation is 1. The maximum atomic E-state index is 13.1. The number of allylic oxidation sites excluding steroid dienone is 2. The Kier molecular flexibility index (Phi) is 6.32. The summed E-state index contributed by atoms with van der Waals surface area (Å²) in [5.41, 5.74) is 7.12. The highest BCUT2D eigenvalue weighted by molar-refractivity contribution is 7.98. The lowest BCUT2D eigenvalue weighted by atomic mass is 9.84. The summed E-state index contributed by atoms with van der Waals surface area (Å²) in [5, 5.41) is 8.98. The van der Waals surface area contributed by atoms with Crippen molar-refractivity contribution in [2.75, 3.05) is 5.32 Å². The molecule has 0 radical (unpaired) electrons. The maximum absolute atomic E-state index is 13.1. The van der Waals surface area contributed by atoms with Gasteiger partial charge < -0.3 is 9.73 Å². The quantitative estimate of drug-likeness (QED) is 0.225. The number of hydrogen-bond donors (Lipinski definition) is 1. The van der Waals surface area contributed by atoms with E-state index in [-0.39, 0.29) is 11.8 Å². The Bertz CT molecular complexity index is 1740. The topological polar surface area (TPSA) is 85.8 Å². The van der Waals surface area contributed by atoms with E-state index in [9.17, 15) is 4.79 Å². The number of hydrogen-bond acceptors (Lipinski definition) is 7. The van der Waals surface area contributed by atoms with Crippen molar-refractivity contribution in [3.05, 3.63) is 113 Å². The van der Waals surface area contributed by atoms with Crippen molar-refractivity contribution in [1.82, 2.24) is 19.7 Å². The van der Waals surface area contributed by atoms with Crippen LogP contribution < -0.4 is 5.32 Å². The first-order valence-electron chi connectivity index (χ1n) is 13.4. The number of Topliss-reactive ketones (excluding diaryl/α,β-unsaturated/α-hetero) is 1. The van der Waals surface area contributed by atoms with Gasteiger partial charge in [0.15, 0.2) is 11.5 Å². The molecule has 8 heteroatoms. The Morgan fingerprint density at radius 3 is 2.60 bits per heavy atom. The summed E-state index contributed by atoms with van der Waals surface area (Å²) >= 11 is 1.58. The van der Waals surface area contributed by atoms with Crippen LogP contribution in [-0.4, -0.2) is 25.5 Å². The van der Waals surface area contributed by atoms with E-state index in [1.54, 1.807) is 18.0 Å². The molecular formula is C32H27N5O2S. The number of nitrogens with zero attached hydrogens (tertiary/aromatic N) is 4. The Balaban J connectivity index is 1.10. The van der Waals surface area contributed by atoms with Gasteiger partial charge in [-0.15, -0.1) is 5.10 Å². The molecule has 0 bridgehead atoms. The highest BCUT2D eigenvalue weighted by Gasteiger charge is 2.37. The van der Waals surface area contributed by atoms with Gasteiger partial charge in [-0.2, -0.15) is 4.98 Å². The molecule has 3 aromatic carbocycles. The van der Waals surface area contributed by atoms with Crippen LogP contribution in [0.2, 0.25) is 0 Å². The van der Waals surface area contributed by atoms with Gasteiger partial charge in [0, 0.05) is 34.6 Å². The molecule has 1 N–H and O–H groups in total. The van der Waals surface area contributed by atoms with E-state index < -0.39 is 0 Å². The largest absolute Gasteiger partial charge is 0.436 e. The van der Waals surface area contributed by atoms with Crippen LogP contribution in [0.3, 0.4) is 0 Å². The Morgan fingerprint density at radius 2 is 1.77 bits per heavy atom. The predicted molar refractivity (Wildman–Crippen MR) is 156 cm³/mol. The molecule has 5 aromatic rings. The van der Waals surface area contributed by atoms with Gasteiger partial charge >= 0.3 is 0 Å². The van der Waals surface area contributed by atoms with Crippen LogP contribution in [-0.2, 0) is 10.5 Å². The molecule has 3 heterocycles. The van der Waals surface area contributed by atoms with Crippen LogP contribution in [0.25, 0.3) is 22.8 Å². The van der Waals surface area contributed by atoms with E-state index >= 15 is 0 Å².